The average Bonchev–Trinajstić information content (AvgIpc) is 2.81. The van der Waals surface area contributed by atoms with Crippen molar-refractivity contribution in [3.8, 4) is 0 Å². The van der Waals surface area contributed by atoms with E-state index in [1.165, 1.54) is 0 Å². The van der Waals surface area contributed by atoms with Crippen molar-refractivity contribution in [3.05, 3.63) is 24.0 Å². The SMILES string of the molecule is Cc1ccncc1NC(=O)C1CCC(C(=O)O)O1. The van der Waals surface area contributed by atoms with Gasteiger partial charge in [0.2, 0.25) is 0 Å². The second-order valence-corrected chi connectivity index (χ2v) is 4.21. The topological polar surface area (TPSA) is 88.5 Å². The molecule has 1 aliphatic rings. The van der Waals surface area contributed by atoms with E-state index in [0.717, 1.165) is 5.56 Å². The fourth-order valence-corrected chi connectivity index (χ4v) is 1.82. The van der Waals surface area contributed by atoms with Crippen molar-refractivity contribution in [3.63, 3.8) is 0 Å². The number of hydrogen-bond acceptors (Lipinski definition) is 4. The molecular weight excluding hydrogens is 236 g/mol. The molecule has 2 unspecified atom stereocenters. The third kappa shape index (κ3) is 2.65. The number of carbonyl (C=O) groups excluding carboxylic acids is 1. The summed E-state index contributed by atoms with van der Waals surface area (Å²) in [6.45, 7) is 1.85. The van der Waals surface area contributed by atoms with Crippen LogP contribution in [0.1, 0.15) is 18.4 Å². The van der Waals surface area contributed by atoms with Crippen molar-refractivity contribution in [1.29, 1.82) is 0 Å². The Hall–Kier alpha value is -1.95. The normalized spacial score (nSPS) is 22.7. The number of carboxylic acids is 1. The molecule has 0 aliphatic carbocycles. The molecule has 1 amide bonds. The Bertz CT molecular complexity index is 475. The number of aromatic nitrogens is 1. The average molecular weight is 250 g/mol. The smallest absolute Gasteiger partial charge is 0.332 e. The molecule has 18 heavy (non-hydrogen) atoms. The molecule has 1 fully saturated rings. The third-order valence-electron chi connectivity index (χ3n) is 2.88. The van der Waals surface area contributed by atoms with E-state index in [-0.39, 0.29) is 5.91 Å². The van der Waals surface area contributed by atoms with Crippen LogP contribution >= 0.6 is 0 Å². The number of carbonyl (C=O) groups is 2. The van der Waals surface area contributed by atoms with E-state index in [2.05, 4.69) is 10.3 Å². The highest BCUT2D eigenvalue weighted by Crippen LogP contribution is 2.22. The highest BCUT2D eigenvalue weighted by molar-refractivity contribution is 5.95. The number of aryl methyl sites for hydroxylation is 1. The first-order valence-corrected chi connectivity index (χ1v) is 5.67. The van der Waals surface area contributed by atoms with Crippen molar-refractivity contribution < 1.29 is 19.4 Å². The lowest BCUT2D eigenvalue weighted by atomic mass is 10.2. The minimum absolute atomic E-state index is 0.324. The summed E-state index contributed by atoms with van der Waals surface area (Å²) < 4.78 is 5.16. The lowest BCUT2D eigenvalue weighted by molar-refractivity contribution is -0.150. The minimum atomic E-state index is -1.03. The van der Waals surface area contributed by atoms with Gasteiger partial charge in [0.05, 0.1) is 11.9 Å². The molecule has 2 atom stereocenters. The Morgan fingerprint density at radius 1 is 1.44 bits per heavy atom. The molecule has 0 aromatic carbocycles. The summed E-state index contributed by atoms with van der Waals surface area (Å²) in [4.78, 5) is 26.5. The van der Waals surface area contributed by atoms with Gasteiger partial charge < -0.3 is 15.2 Å². The van der Waals surface area contributed by atoms with Gasteiger partial charge >= 0.3 is 5.97 Å². The van der Waals surface area contributed by atoms with Crippen molar-refractivity contribution in [2.75, 3.05) is 5.32 Å². The molecule has 1 aliphatic heterocycles. The lowest BCUT2D eigenvalue weighted by Gasteiger charge is -2.12. The number of nitrogens with one attached hydrogen (secondary N) is 1. The van der Waals surface area contributed by atoms with Crippen molar-refractivity contribution >= 4 is 17.6 Å². The largest absolute Gasteiger partial charge is 0.479 e. The Morgan fingerprint density at radius 3 is 2.78 bits per heavy atom. The van der Waals surface area contributed by atoms with Gasteiger partial charge in [-0.15, -0.1) is 0 Å². The van der Waals surface area contributed by atoms with Gasteiger partial charge in [0, 0.05) is 6.20 Å². The summed E-state index contributed by atoms with van der Waals surface area (Å²) >= 11 is 0. The summed E-state index contributed by atoms with van der Waals surface area (Å²) in [5.74, 6) is -1.35. The van der Waals surface area contributed by atoms with Crippen LogP contribution in [0.2, 0.25) is 0 Å². The standard InChI is InChI=1S/C12H14N2O4/c1-7-4-5-13-6-8(7)14-11(15)9-2-3-10(18-9)12(16)17/h4-6,9-10H,2-3H2,1H3,(H,14,15)(H,16,17). The second kappa shape index (κ2) is 5.14. The van der Waals surface area contributed by atoms with Gasteiger partial charge in [0.25, 0.3) is 5.91 Å². The summed E-state index contributed by atoms with van der Waals surface area (Å²) in [5, 5.41) is 11.5. The molecule has 0 radical (unpaired) electrons. The molecule has 2 heterocycles. The first-order valence-electron chi connectivity index (χ1n) is 5.67. The van der Waals surface area contributed by atoms with Crippen molar-refractivity contribution in [1.82, 2.24) is 4.98 Å². The van der Waals surface area contributed by atoms with Gasteiger partial charge in [-0.05, 0) is 31.4 Å². The quantitative estimate of drug-likeness (QED) is 0.834. The molecule has 2 N–H and O–H groups in total. The van der Waals surface area contributed by atoms with Crippen LogP contribution in [0.25, 0.3) is 0 Å². The maximum absolute atomic E-state index is 11.9. The van der Waals surface area contributed by atoms with Crippen LogP contribution < -0.4 is 5.32 Å². The fourth-order valence-electron chi connectivity index (χ4n) is 1.82. The summed E-state index contributed by atoms with van der Waals surface area (Å²) in [7, 11) is 0. The molecule has 0 saturated carbocycles. The highest BCUT2D eigenvalue weighted by atomic mass is 16.5. The predicted octanol–water partition coefficient (Wildman–Crippen LogP) is 0.961. The van der Waals surface area contributed by atoms with E-state index < -0.39 is 18.2 Å². The van der Waals surface area contributed by atoms with E-state index in [9.17, 15) is 9.59 Å². The van der Waals surface area contributed by atoms with Crippen molar-refractivity contribution in [2.24, 2.45) is 0 Å². The molecule has 96 valence electrons. The van der Waals surface area contributed by atoms with E-state index in [0.29, 0.717) is 18.5 Å². The number of pyridine rings is 1. The Kier molecular flexibility index (Phi) is 3.57. The minimum Gasteiger partial charge on any atom is -0.479 e. The number of anilines is 1. The van der Waals surface area contributed by atoms with Gasteiger partial charge in [0.1, 0.15) is 6.10 Å². The zero-order chi connectivity index (χ0) is 13.1. The van der Waals surface area contributed by atoms with Crippen LogP contribution in [0.4, 0.5) is 5.69 Å². The molecule has 1 aromatic rings. The van der Waals surface area contributed by atoms with Gasteiger partial charge in [-0.3, -0.25) is 9.78 Å². The molecule has 0 bridgehead atoms. The van der Waals surface area contributed by atoms with Gasteiger partial charge in [0.15, 0.2) is 6.10 Å². The van der Waals surface area contributed by atoms with Crippen LogP contribution in [0, 0.1) is 6.92 Å². The van der Waals surface area contributed by atoms with E-state index >= 15 is 0 Å². The van der Waals surface area contributed by atoms with Crippen LogP contribution in [-0.2, 0) is 14.3 Å². The number of carboxylic acid groups (broad SMARTS) is 1. The molecule has 1 aromatic heterocycles. The number of ether oxygens (including phenoxy) is 1. The molecular formula is C12H14N2O4. The zero-order valence-corrected chi connectivity index (χ0v) is 9.92. The van der Waals surface area contributed by atoms with Crippen molar-refractivity contribution in [2.45, 2.75) is 32.0 Å². The van der Waals surface area contributed by atoms with Gasteiger partial charge in [-0.25, -0.2) is 4.79 Å². The van der Waals surface area contributed by atoms with Crippen LogP contribution in [0.5, 0.6) is 0 Å². The molecule has 2 rings (SSSR count). The number of nitrogens with zero attached hydrogens (tertiary/aromatic N) is 1. The molecule has 6 heteroatoms. The molecule has 0 spiro atoms. The first-order chi connectivity index (χ1) is 8.58. The van der Waals surface area contributed by atoms with Crippen LogP contribution in [0.15, 0.2) is 18.5 Å². The van der Waals surface area contributed by atoms with E-state index in [1.54, 1.807) is 18.5 Å². The third-order valence-corrected chi connectivity index (χ3v) is 2.88. The van der Waals surface area contributed by atoms with Gasteiger partial charge in [-0.2, -0.15) is 0 Å². The number of hydrogen-bond donors (Lipinski definition) is 2. The second-order valence-electron chi connectivity index (χ2n) is 4.21. The molecule has 1 saturated heterocycles. The first kappa shape index (κ1) is 12.5. The summed E-state index contributed by atoms with van der Waals surface area (Å²) in [6.07, 6.45) is 2.39. The maximum Gasteiger partial charge on any atom is 0.332 e. The fraction of sp³-hybridized carbons (Fsp3) is 0.417. The van der Waals surface area contributed by atoms with E-state index in [4.69, 9.17) is 9.84 Å². The predicted molar refractivity (Wildman–Crippen MR) is 63.1 cm³/mol. The molecule has 6 nitrogen and oxygen atoms in total. The van der Waals surface area contributed by atoms with E-state index in [1.807, 2.05) is 6.92 Å². The Morgan fingerprint density at radius 2 is 2.17 bits per heavy atom. The Labute approximate surface area is 104 Å². The van der Waals surface area contributed by atoms with Gasteiger partial charge in [-0.1, -0.05) is 0 Å². The summed E-state index contributed by atoms with van der Waals surface area (Å²) in [5.41, 5.74) is 1.51. The number of rotatable bonds is 3. The van der Waals surface area contributed by atoms with Crippen LogP contribution in [0.3, 0.4) is 0 Å². The highest BCUT2D eigenvalue weighted by Gasteiger charge is 2.34. The zero-order valence-electron chi connectivity index (χ0n) is 9.92. The monoisotopic (exact) mass is 250 g/mol. The lowest BCUT2D eigenvalue weighted by Crippen LogP contribution is -2.30. The Balaban J connectivity index is 1.98. The number of aliphatic carboxylic acids is 1. The summed E-state index contributed by atoms with van der Waals surface area (Å²) in [6, 6.07) is 1.78. The van der Waals surface area contributed by atoms with Crippen LogP contribution in [-0.4, -0.2) is 34.2 Å². The maximum atomic E-state index is 11.9. The number of amides is 1.